The SMILES string of the molecule is CCCCC1=NN(C(=O)COc2ccc(Cl)c(C)c2)[C@](O)(C(F)(F)F)C1. The van der Waals surface area contributed by atoms with E-state index in [1.807, 2.05) is 6.92 Å². The molecule has 0 saturated carbocycles. The van der Waals surface area contributed by atoms with Crippen LogP contribution in [0.1, 0.15) is 38.2 Å². The second kappa shape index (κ2) is 7.84. The van der Waals surface area contributed by atoms with Gasteiger partial charge in [0, 0.05) is 17.2 Å². The van der Waals surface area contributed by atoms with Crippen LogP contribution >= 0.6 is 11.6 Å². The molecule has 0 saturated heterocycles. The van der Waals surface area contributed by atoms with Crippen LogP contribution in [0.25, 0.3) is 0 Å². The maximum atomic E-state index is 13.3. The van der Waals surface area contributed by atoms with Crippen molar-refractivity contribution in [1.29, 1.82) is 0 Å². The van der Waals surface area contributed by atoms with E-state index in [1.165, 1.54) is 6.07 Å². The first-order valence-corrected chi connectivity index (χ1v) is 8.53. The van der Waals surface area contributed by atoms with E-state index in [4.69, 9.17) is 16.3 Å². The molecule has 1 atom stereocenters. The molecule has 26 heavy (non-hydrogen) atoms. The summed E-state index contributed by atoms with van der Waals surface area (Å²) in [4.78, 5) is 12.3. The van der Waals surface area contributed by atoms with Crippen LogP contribution < -0.4 is 4.74 Å². The molecule has 1 aromatic carbocycles. The summed E-state index contributed by atoms with van der Waals surface area (Å²) in [6.07, 6.45) is -4.11. The Morgan fingerprint density at radius 1 is 1.46 bits per heavy atom. The zero-order valence-electron chi connectivity index (χ0n) is 14.4. The van der Waals surface area contributed by atoms with Crippen LogP contribution in [0.2, 0.25) is 5.02 Å². The van der Waals surface area contributed by atoms with Crippen LogP contribution in [0.3, 0.4) is 0 Å². The molecule has 0 radical (unpaired) electrons. The summed E-state index contributed by atoms with van der Waals surface area (Å²) < 4.78 is 45.3. The fraction of sp³-hybridized carbons (Fsp3) is 0.529. The number of aryl methyl sites for hydroxylation is 1. The van der Waals surface area contributed by atoms with E-state index in [-0.39, 0.29) is 22.9 Å². The predicted octanol–water partition coefficient (Wildman–Crippen LogP) is 4.06. The summed E-state index contributed by atoms with van der Waals surface area (Å²) in [7, 11) is 0. The molecular weight excluding hydrogens is 373 g/mol. The van der Waals surface area contributed by atoms with Crippen molar-refractivity contribution < 1.29 is 27.8 Å². The molecule has 0 unspecified atom stereocenters. The minimum atomic E-state index is -5.03. The number of benzene rings is 1. The van der Waals surface area contributed by atoms with Gasteiger partial charge >= 0.3 is 6.18 Å². The van der Waals surface area contributed by atoms with Gasteiger partial charge in [-0.05, 0) is 43.5 Å². The zero-order chi connectivity index (χ0) is 19.5. The summed E-state index contributed by atoms with van der Waals surface area (Å²) in [5.41, 5.74) is -2.50. The third-order valence-electron chi connectivity index (χ3n) is 4.04. The first-order chi connectivity index (χ1) is 12.1. The first-order valence-electron chi connectivity index (χ1n) is 8.16. The number of aliphatic hydroxyl groups is 1. The summed E-state index contributed by atoms with van der Waals surface area (Å²) in [6, 6.07) is 4.61. The number of carbonyl (C=O) groups excluding carboxylic acids is 1. The monoisotopic (exact) mass is 392 g/mol. The molecule has 144 valence electrons. The Morgan fingerprint density at radius 2 is 2.15 bits per heavy atom. The number of hydrazone groups is 1. The third-order valence-corrected chi connectivity index (χ3v) is 4.47. The fourth-order valence-electron chi connectivity index (χ4n) is 2.53. The van der Waals surface area contributed by atoms with Crippen LogP contribution in [0.15, 0.2) is 23.3 Å². The number of alkyl halides is 3. The lowest BCUT2D eigenvalue weighted by Gasteiger charge is -2.32. The van der Waals surface area contributed by atoms with Crippen molar-refractivity contribution in [2.24, 2.45) is 5.10 Å². The topological polar surface area (TPSA) is 62.1 Å². The second-order valence-electron chi connectivity index (χ2n) is 6.17. The van der Waals surface area contributed by atoms with Crippen molar-refractivity contribution in [1.82, 2.24) is 5.01 Å². The minimum absolute atomic E-state index is 0.0980. The molecule has 0 bridgehead atoms. The van der Waals surface area contributed by atoms with Crippen molar-refractivity contribution in [3.05, 3.63) is 28.8 Å². The molecule has 1 aliphatic heterocycles. The van der Waals surface area contributed by atoms with Crippen LogP contribution in [-0.4, -0.2) is 40.2 Å². The van der Waals surface area contributed by atoms with E-state index in [1.54, 1.807) is 19.1 Å². The largest absolute Gasteiger partial charge is 0.484 e. The molecule has 9 heteroatoms. The normalized spacial score (nSPS) is 20.3. The number of hydrogen-bond acceptors (Lipinski definition) is 4. The van der Waals surface area contributed by atoms with E-state index < -0.39 is 30.8 Å². The number of halogens is 4. The van der Waals surface area contributed by atoms with Gasteiger partial charge in [0.25, 0.3) is 11.6 Å². The highest BCUT2D eigenvalue weighted by Gasteiger charge is 2.63. The Hall–Kier alpha value is -1.80. The second-order valence-corrected chi connectivity index (χ2v) is 6.57. The summed E-state index contributed by atoms with van der Waals surface area (Å²) >= 11 is 5.89. The number of hydrogen-bond donors (Lipinski definition) is 1. The van der Waals surface area contributed by atoms with E-state index >= 15 is 0 Å². The molecule has 0 spiro atoms. The van der Waals surface area contributed by atoms with Gasteiger partial charge in [-0.15, -0.1) is 0 Å². The lowest BCUT2D eigenvalue weighted by atomic mass is 10.0. The van der Waals surface area contributed by atoms with Crippen LogP contribution in [0, 0.1) is 6.92 Å². The molecule has 0 aromatic heterocycles. The van der Waals surface area contributed by atoms with Crippen LogP contribution in [0.5, 0.6) is 5.75 Å². The Labute approximate surface area is 154 Å². The lowest BCUT2D eigenvalue weighted by Crippen LogP contribution is -2.57. The quantitative estimate of drug-likeness (QED) is 0.794. The van der Waals surface area contributed by atoms with Crippen molar-refractivity contribution in [2.45, 2.75) is 51.4 Å². The van der Waals surface area contributed by atoms with Crippen LogP contribution in [-0.2, 0) is 4.79 Å². The molecular formula is C17H20ClF3N2O3. The Balaban J connectivity index is 2.14. The van der Waals surface area contributed by atoms with Crippen molar-refractivity contribution in [2.75, 3.05) is 6.61 Å². The van der Waals surface area contributed by atoms with Gasteiger partial charge in [-0.3, -0.25) is 4.79 Å². The fourth-order valence-corrected chi connectivity index (χ4v) is 2.65. The molecule has 5 nitrogen and oxygen atoms in total. The van der Waals surface area contributed by atoms with E-state index in [9.17, 15) is 23.1 Å². The average molecular weight is 393 g/mol. The highest BCUT2D eigenvalue weighted by molar-refractivity contribution is 6.31. The lowest BCUT2D eigenvalue weighted by molar-refractivity contribution is -0.302. The molecule has 1 heterocycles. The maximum Gasteiger partial charge on any atom is 0.438 e. The van der Waals surface area contributed by atoms with Gasteiger partial charge in [0.1, 0.15) is 5.75 Å². The van der Waals surface area contributed by atoms with Crippen molar-refractivity contribution >= 4 is 23.2 Å². The highest BCUT2D eigenvalue weighted by atomic mass is 35.5. The molecule has 0 fully saturated rings. The van der Waals surface area contributed by atoms with Gasteiger partial charge in [-0.1, -0.05) is 24.9 Å². The van der Waals surface area contributed by atoms with Gasteiger partial charge in [-0.25, -0.2) is 0 Å². The Kier molecular flexibility index (Phi) is 6.18. The van der Waals surface area contributed by atoms with Gasteiger partial charge < -0.3 is 9.84 Å². The summed E-state index contributed by atoms with van der Waals surface area (Å²) in [5.74, 6) is -0.797. The van der Waals surface area contributed by atoms with E-state index in [0.717, 1.165) is 6.42 Å². The third kappa shape index (κ3) is 4.29. The standard InChI is InChI=1S/C17H20ClF3N2O3/c1-3-4-5-12-9-16(25,17(19,20)21)23(22-12)15(24)10-26-13-6-7-14(18)11(2)8-13/h6-8,25H,3-5,9-10H2,1-2H3/t16-/m1/s1. The highest BCUT2D eigenvalue weighted by Crippen LogP contribution is 2.41. The van der Waals surface area contributed by atoms with Gasteiger partial charge in [-0.2, -0.15) is 23.3 Å². The summed E-state index contributed by atoms with van der Waals surface area (Å²) in [6.45, 7) is 2.92. The molecule has 1 N–H and O–H groups in total. The number of amides is 1. The van der Waals surface area contributed by atoms with E-state index in [2.05, 4.69) is 5.10 Å². The average Bonchev–Trinajstić information content (AvgIpc) is 2.92. The molecule has 1 amide bonds. The zero-order valence-corrected chi connectivity index (χ0v) is 15.2. The molecule has 1 aromatic rings. The van der Waals surface area contributed by atoms with Crippen LogP contribution in [0.4, 0.5) is 13.2 Å². The van der Waals surface area contributed by atoms with Crippen molar-refractivity contribution in [3.8, 4) is 5.75 Å². The number of nitrogens with zero attached hydrogens (tertiary/aromatic N) is 2. The molecule has 2 rings (SSSR count). The number of unbranched alkanes of at least 4 members (excludes halogenated alkanes) is 1. The van der Waals surface area contributed by atoms with Gasteiger partial charge in [0.05, 0.1) is 0 Å². The minimum Gasteiger partial charge on any atom is -0.484 e. The Morgan fingerprint density at radius 3 is 2.73 bits per heavy atom. The van der Waals surface area contributed by atoms with Gasteiger partial charge in [0.15, 0.2) is 6.61 Å². The number of ether oxygens (including phenoxy) is 1. The number of carbonyl (C=O) groups is 1. The first kappa shape index (κ1) is 20.5. The summed E-state index contributed by atoms with van der Waals surface area (Å²) in [5, 5.41) is 14.4. The molecule has 0 aliphatic carbocycles. The predicted molar refractivity (Wildman–Crippen MR) is 91.1 cm³/mol. The number of rotatable bonds is 6. The smallest absolute Gasteiger partial charge is 0.438 e. The molecule has 1 aliphatic rings. The van der Waals surface area contributed by atoms with E-state index in [0.29, 0.717) is 17.0 Å². The van der Waals surface area contributed by atoms with Crippen molar-refractivity contribution in [3.63, 3.8) is 0 Å². The Bertz CT molecular complexity index is 709. The maximum absolute atomic E-state index is 13.3. The van der Waals surface area contributed by atoms with Gasteiger partial charge in [0.2, 0.25) is 0 Å².